The second-order valence-electron chi connectivity index (χ2n) is 6.68. The molecule has 1 fully saturated rings. The molecule has 1 heterocycles. The van der Waals surface area contributed by atoms with Gasteiger partial charge >= 0.3 is 0 Å². The number of nitrogens with two attached hydrogens (primary N) is 1. The van der Waals surface area contributed by atoms with Crippen molar-refractivity contribution in [2.75, 3.05) is 13.1 Å². The molecule has 1 amide bonds. The van der Waals surface area contributed by atoms with Crippen LogP contribution in [0.3, 0.4) is 0 Å². The summed E-state index contributed by atoms with van der Waals surface area (Å²) < 4.78 is 6.00. The third kappa shape index (κ3) is 4.99. The maximum atomic E-state index is 12.8. The van der Waals surface area contributed by atoms with Crippen LogP contribution in [0.25, 0.3) is 0 Å². The number of rotatable bonds is 5. The largest absolute Gasteiger partial charge is 0.490 e. The van der Waals surface area contributed by atoms with E-state index in [1.54, 1.807) is 0 Å². The van der Waals surface area contributed by atoms with Crippen LogP contribution in [0, 0.1) is 5.92 Å². The molecule has 0 bridgehead atoms. The molecule has 2 N–H and O–H groups in total. The predicted molar refractivity (Wildman–Crippen MR) is 106 cm³/mol. The van der Waals surface area contributed by atoms with Gasteiger partial charge in [-0.25, -0.2) is 0 Å². The summed E-state index contributed by atoms with van der Waals surface area (Å²) in [6, 6.07) is 19.4. The highest BCUT2D eigenvalue weighted by atomic mass is 35.5. The Labute approximate surface area is 161 Å². The first-order valence-electron chi connectivity index (χ1n) is 8.96. The summed E-state index contributed by atoms with van der Waals surface area (Å²) in [6.45, 7) is 3.37. The molecule has 2 aromatic rings. The Hall–Kier alpha value is -2.04. The minimum atomic E-state index is -0.271. The Morgan fingerprint density at radius 2 is 1.58 bits per heavy atom. The van der Waals surface area contributed by atoms with Gasteiger partial charge in [0.05, 0.1) is 5.92 Å². The van der Waals surface area contributed by atoms with Gasteiger partial charge in [-0.3, -0.25) is 4.79 Å². The number of carbonyl (C=O) groups is 1. The highest BCUT2D eigenvalue weighted by Crippen LogP contribution is 2.24. The van der Waals surface area contributed by atoms with E-state index in [2.05, 4.69) is 0 Å². The van der Waals surface area contributed by atoms with E-state index in [-0.39, 0.29) is 36.4 Å². The third-order valence-electron chi connectivity index (χ3n) is 4.91. The van der Waals surface area contributed by atoms with Crippen LogP contribution in [-0.2, 0) is 4.79 Å². The molecule has 0 spiro atoms. The average molecular weight is 375 g/mol. The number of benzene rings is 2. The fraction of sp³-hybridized carbons (Fsp3) is 0.381. The summed E-state index contributed by atoms with van der Waals surface area (Å²) in [5.74, 6) is 0.801. The maximum Gasteiger partial charge on any atom is 0.227 e. The Bertz CT molecular complexity index is 673. The Morgan fingerprint density at radius 3 is 2.15 bits per heavy atom. The monoisotopic (exact) mass is 374 g/mol. The molecule has 2 atom stereocenters. The molecule has 26 heavy (non-hydrogen) atoms. The van der Waals surface area contributed by atoms with Crippen molar-refractivity contribution in [2.45, 2.75) is 31.9 Å². The van der Waals surface area contributed by atoms with Gasteiger partial charge in [-0.05, 0) is 17.7 Å². The standard InChI is InChI=1S/C21H26N2O2.ClH/c1-16(20(22)17-8-4-2-5-9-17)21(24)23-14-12-19(13-15-23)25-18-10-6-3-7-11-18;/h2-11,16,19-20H,12-15,22H2,1H3;1H. The van der Waals surface area contributed by atoms with E-state index in [1.165, 1.54) is 0 Å². The van der Waals surface area contributed by atoms with Crippen molar-refractivity contribution in [3.05, 3.63) is 66.2 Å². The summed E-state index contributed by atoms with van der Waals surface area (Å²) in [7, 11) is 0. The van der Waals surface area contributed by atoms with Gasteiger partial charge in [-0.1, -0.05) is 55.5 Å². The topological polar surface area (TPSA) is 55.6 Å². The SMILES string of the molecule is CC(C(=O)N1CCC(Oc2ccccc2)CC1)C(N)c1ccccc1.Cl. The lowest BCUT2D eigenvalue weighted by Gasteiger charge is -2.34. The molecular formula is C21H27ClN2O2. The van der Waals surface area contributed by atoms with Crippen molar-refractivity contribution in [3.63, 3.8) is 0 Å². The van der Waals surface area contributed by atoms with Crippen molar-refractivity contribution in [1.82, 2.24) is 4.90 Å². The normalized spacial score (nSPS) is 17.1. The molecule has 0 aromatic heterocycles. The van der Waals surface area contributed by atoms with E-state index in [0.717, 1.165) is 37.2 Å². The van der Waals surface area contributed by atoms with Crippen LogP contribution in [0.1, 0.15) is 31.4 Å². The molecule has 0 radical (unpaired) electrons. The maximum absolute atomic E-state index is 12.8. The van der Waals surface area contributed by atoms with E-state index in [1.807, 2.05) is 72.5 Å². The summed E-state index contributed by atoms with van der Waals surface area (Å²) >= 11 is 0. The van der Waals surface area contributed by atoms with Crippen LogP contribution in [0.4, 0.5) is 0 Å². The number of piperidine rings is 1. The first-order valence-corrected chi connectivity index (χ1v) is 8.96. The number of amides is 1. The summed E-state index contributed by atoms with van der Waals surface area (Å²) in [5, 5.41) is 0. The summed E-state index contributed by atoms with van der Waals surface area (Å²) in [5.41, 5.74) is 7.31. The Morgan fingerprint density at radius 1 is 1.04 bits per heavy atom. The van der Waals surface area contributed by atoms with Gasteiger partial charge in [0.2, 0.25) is 5.91 Å². The number of hydrogen-bond donors (Lipinski definition) is 1. The Kier molecular flexibility index (Phi) is 7.49. The fourth-order valence-corrected chi connectivity index (χ4v) is 3.29. The first kappa shape index (κ1) is 20.3. The molecule has 2 unspecified atom stereocenters. The predicted octanol–water partition coefficient (Wildman–Crippen LogP) is 3.81. The van der Waals surface area contributed by atoms with Gasteiger partial charge in [0, 0.05) is 32.0 Å². The van der Waals surface area contributed by atoms with Crippen LogP contribution >= 0.6 is 12.4 Å². The minimum absolute atomic E-state index is 0. The molecule has 3 rings (SSSR count). The second kappa shape index (κ2) is 9.60. The molecule has 1 saturated heterocycles. The van der Waals surface area contributed by atoms with Gasteiger partial charge in [0.1, 0.15) is 11.9 Å². The molecule has 1 aliphatic rings. The van der Waals surface area contributed by atoms with Gasteiger partial charge in [0.25, 0.3) is 0 Å². The van der Waals surface area contributed by atoms with Crippen molar-refractivity contribution in [3.8, 4) is 5.75 Å². The lowest BCUT2D eigenvalue weighted by Crippen LogP contribution is -2.45. The molecular weight excluding hydrogens is 348 g/mol. The first-order chi connectivity index (χ1) is 12.1. The summed E-state index contributed by atoms with van der Waals surface area (Å²) in [4.78, 5) is 14.7. The Balaban J connectivity index is 0.00000243. The smallest absolute Gasteiger partial charge is 0.227 e. The highest BCUT2D eigenvalue weighted by Gasteiger charge is 2.30. The molecule has 0 saturated carbocycles. The molecule has 5 heteroatoms. The van der Waals surface area contributed by atoms with E-state index >= 15 is 0 Å². The van der Waals surface area contributed by atoms with Crippen LogP contribution < -0.4 is 10.5 Å². The molecule has 4 nitrogen and oxygen atoms in total. The van der Waals surface area contributed by atoms with Gasteiger partial charge in [-0.2, -0.15) is 0 Å². The number of carbonyl (C=O) groups excluding carboxylic acids is 1. The van der Waals surface area contributed by atoms with Gasteiger partial charge in [-0.15, -0.1) is 12.4 Å². The van der Waals surface area contributed by atoms with E-state index < -0.39 is 0 Å². The zero-order valence-corrected chi connectivity index (χ0v) is 15.9. The van der Waals surface area contributed by atoms with Crippen LogP contribution in [0.5, 0.6) is 5.75 Å². The van der Waals surface area contributed by atoms with Crippen LogP contribution in [0.15, 0.2) is 60.7 Å². The van der Waals surface area contributed by atoms with Gasteiger partial charge in [0.15, 0.2) is 0 Å². The average Bonchev–Trinajstić information content (AvgIpc) is 2.68. The zero-order chi connectivity index (χ0) is 17.6. The van der Waals surface area contributed by atoms with E-state index in [0.29, 0.717) is 0 Å². The molecule has 0 aliphatic carbocycles. The number of ether oxygens (including phenoxy) is 1. The zero-order valence-electron chi connectivity index (χ0n) is 15.1. The number of hydrogen-bond acceptors (Lipinski definition) is 3. The lowest BCUT2D eigenvalue weighted by molar-refractivity contribution is -0.137. The van der Waals surface area contributed by atoms with Crippen LogP contribution in [-0.4, -0.2) is 30.0 Å². The quantitative estimate of drug-likeness (QED) is 0.865. The number of para-hydroxylation sites is 1. The van der Waals surface area contributed by atoms with Crippen molar-refractivity contribution in [1.29, 1.82) is 0 Å². The highest BCUT2D eigenvalue weighted by molar-refractivity contribution is 5.85. The number of likely N-dealkylation sites (tertiary alicyclic amines) is 1. The third-order valence-corrected chi connectivity index (χ3v) is 4.91. The second-order valence-corrected chi connectivity index (χ2v) is 6.68. The van der Waals surface area contributed by atoms with E-state index in [4.69, 9.17) is 10.5 Å². The lowest BCUT2D eigenvalue weighted by atomic mass is 9.93. The molecule has 2 aromatic carbocycles. The molecule has 140 valence electrons. The van der Waals surface area contributed by atoms with Crippen molar-refractivity contribution in [2.24, 2.45) is 11.7 Å². The number of halogens is 1. The van der Waals surface area contributed by atoms with Crippen molar-refractivity contribution < 1.29 is 9.53 Å². The van der Waals surface area contributed by atoms with E-state index in [9.17, 15) is 4.79 Å². The molecule has 1 aliphatic heterocycles. The fourth-order valence-electron chi connectivity index (χ4n) is 3.29. The van der Waals surface area contributed by atoms with Crippen LogP contribution in [0.2, 0.25) is 0 Å². The summed E-state index contributed by atoms with van der Waals surface area (Å²) in [6.07, 6.45) is 1.88. The number of nitrogens with zero attached hydrogens (tertiary/aromatic N) is 1. The van der Waals surface area contributed by atoms with Crippen molar-refractivity contribution >= 4 is 18.3 Å². The van der Waals surface area contributed by atoms with Gasteiger partial charge < -0.3 is 15.4 Å². The minimum Gasteiger partial charge on any atom is -0.490 e.